The predicted octanol–water partition coefficient (Wildman–Crippen LogP) is 22.0. The minimum Gasteiger partial charge on any atom is -0.466 e. The van der Waals surface area contributed by atoms with Gasteiger partial charge >= 0.3 is 5.97 Å². The molecule has 0 fully saturated rings. The zero-order valence-corrected chi connectivity index (χ0v) is 42.9. The fraction of sp³-hybridized carbons (Fsp3) is 0.983. The number of rotatable bonds is 56. The Hall–Kier alpha value is -0.530. The minimum atomic E-state index is 0.0353. The summed E-state index contributed by atoms with van der Waals surface area (Å²) in [4.78, 5) is 12.1. The lowest BCUT2D eigenvalue weighted by Crippen LogP contribution is -2.05. The van der Waals surface area contributed by atoms with E-state index in [1.807, 2.05) is 0 Å². The number of unbranched alkanes of at least 4 members (excludes halogenated alkanes) is 52. The molecule has 0 bridgehead atoms. The SMILES string of the molecule is CCCCCCCCCCCCCCCCCCCCCCCCCCCCCCCCCCCCCCC(=O)OCCCCCCCCCCCCCCCCCCCC. The molecule has 0 amide bonds. The fourth-order valence-electron chi connectivity index (χ4n) is 9.61. The molecule has 61 heavy (non-hydrogen) atoms. The van der Waals surface area contributed by atoms with Gasteiger partial charge in [0.2, 0.25) is 0 Å². The van der Waals surface area contributed by atoms with Crippen LogP contribution < -0.4 is 0 Å². The molecular formula is C59H118O2. The van der Waals surface area contributed by atoms with Crippen molar-refractivity contribution in [3.05, 3.63) is 0 Å². The molecule has 0 radical (unpaired) electrons. The summed E-state index contributed by atoms with van der Waals surface area (Å²) in [5, 5.41) is 0. The molecule has 0 aromatic carbocycles. The summed E-state index contributed by atoms with van der Waals surface area (Å²) in [5.41, 5.74) is 0. The Bertz CT molecular complexity index is 762. The zero-order valence-electron chi connectivity index (χ0n) is 42.9. The van der Waals surface area contributed by atoms with E-state index >= 15 is 0 Å². The number of ether oxygens (including phenoxy) is 1. The third-order valence-electron chi connectivity index (χ3n) is 14.0. The van der Waals surface area contributed by atoms with E-state index in [2.05, 4.69) is 13.8 Å². The van der Waals surface area contributed by atoms with Gasteiger partial charge in [0, 0.05) is 6.42 Å². The van der Waals surface area contributed by atoms with Crippen molar-refractivity contribution in [2.75, 3.05) is 6.61 Å². The van der Waals surface area contributed by atoms with E-state index in [1.165, 1.54) is 334 Å². The van der Waals surface area contributed by atoms with Crippen molar-refractivity contribution in [1.29, 1.82) is 0 Å². The van der Waals surface area contributed by atoms with Gasteiger partial charge in [-0.3, -0.25) is 4.79 Å². The predicted molar refractivity (Wildman–Crippen MR) is 276 cm³/mol. The van der Waals surface area contributed by atoms with Gasteiger partial charge in [0.05, 0.1) is 6.61 Å². The van der Waals surface area contributed by atoms with E-state index in [4.69, 9.17) is 4.74 Å². The number of carbonyl (C=O) groups excluding carboxylic acids is 1. The summed E-state index contributed by atoms with van der Waals surface area (Å²) in [7, 11) is 0. The molecule has 0 unspecified atom stereocenters. The maximum Gasteiger partial charge on any atom is 0.305 e. The Morgan fingerprint density at radius 1 is 0.213 bits per heavy atom. The number of hydrogen-bond acceptors (Lipinski definition) is 2. The Balaban J connectivity index is 3.13. The van der Waals surface area contributed by atoms with Gasteiger partial charge in [0.15, 0.2) is 0 Å². The maximum atomic E-state index is 12.1. The van der Waals surface area contributed by atoms with Crippen LogP contribution in [0.25, 0.3) is 0 Å². The summed E-state index contributed by atoms with van der Waals surface area (Å²) in [5.74, 6) is 0.0353. The van der Waals surface area contributed by atoms with Crippen molar-refractivity contribution in [2.24, 2.45) is 0 Å². The second kappa shape index (κ2) is 57.5. The van der Waals surface area contributed by atoms with Gasteiger partial charge in [-0.05, 0) is 12.8 Å². The van der Waals surface area contributed by atoms with Crippen LogP contribution in [0.1, 0.15) is 367 Å². The first-order chi connectivity index (χ1) is 30.3. The first-order valence-corrected chi connectivity index (χ1v) is 29.5. The largest absolute Gasteiger partial charge is 0.466 e. The highest BCUT2D eigenvalue weighted by Crippen LogP contribution is 2.19. The van der Waals surface area contributed by atoms with Gasteiger partial charge in [-0.15, -0.1) is 0 Å². The van der Waals surface area contributed by atoms with Gasteiger partial charge in [-0.1, -0.05) is 348 Å². The molecule has 2 nitrogen and oxygen atoms in total. The van der Waals surface area contributed by atoms with Crippen LogP contribution in [0.15, 0.2) is 0 Å². The van der Waals surface area contributed by atoms with Crippen LogP contribution in [-0.2, 0) is 9.53 Å². The maximum absolute atomic E-state index is 12.1. The Morgan fingerprint density at radius 2 is 0.361 bits per heavy atom. The lowest BCUT2D eigenvalue weighted by molar-refractivity contribution is -0.143. The van der Waals surface area contributed by atoms with Crippen LogP contribution in [0.3, 0.4) is 0 Å². The normalized spacial score (nSPS) is 11.6. The highest BCUT2D eigenvalue weighted by Gasteiger charge is 2.03. The van der Waals surface area contributed by atoms with E-state index in [0.717, 1.165) is 12.8 Å². The lowest BCUT2D eigenvalue weighted by atomic mass is 10.0. The van der Waals surface area contributed by atoms with Gasteiger partial charge in [-0.2, -0.15) is 0 Å². The second-order valence-electron chi connectivity index (χ2n) is 20.4. The Morgan fingerprint density at radius 3 is 0.541 bits per heavy atom. The molecule has 0 saturated carbocycles. The van der Waals surface area contributed by atoms with Gasteiger partial charge < -0.3 is 4.74 Å². The Labute approximate surface area is 387 Å². The summed E-state index contributed by atoms with van der Waals surface area (Å²) in [6, 6.07) is 0. The van der Waals surface area contributed by atoms with Crippen LogP contribution in [0.4, 0.5) is 0 Å². The molecule has 0 aromatic rings. The third kappa shape index (κ3) is 57.5. The standard InChI is InChI=1S/C59H118O2/c1-3-5-7-9-11-13-15-17-19-21-23-24-25-26-27-28-29-30-31-32-33-34-35-36-37-38-39-40-41-43-45-47-49-51-53-55-57-59(60)61-58-56-54-52-50-48-46-44-42-22-20-18-16-14-12-10-8-6-4-2/h3-58H2,1-2H3. The smallest absolute Gasteiger partial charge is 0.305 e. The molecule has 366 valence electrons. The minimum absolute atomic E-state index is 0.0353. The van der Waals surface area contributed by atoms with E-state index in [9.17, 15) is 4.79 Å². The molecule has 0 aliphatic rings. The molecule has 0 aliphatic heterocycles. The molecule has 0 heterocycles. The van der Waals surface area contributed by atoms with E-state index in [-0.39, 0.29) is 5.97 Å². The summed E-state index contributed by atoms with van der Waals surface area (Å²) >= 11 is 0. The van der Waals surface area contributed by atoms with Crippen LogP contribution >= 0.6 is 0 Å². The number of esters is 1. The second-order valence-corrected chi connectivity index (χ2v) is 20.4. The highest BCUT2D eigenvalue weighted by atomic mass is 16.5. The molecular weight excluding hydrogens is 741 g/mol. The van der Waals surface area contributed by atoms with Gasteiger partial charge in [0.1, 0.15) is 0 Å². The van der Waals surface area contributed by atoms with Crippen molar-refractivity contribution in [3.8, 4) is 0 Å². The monoisotopic (exact) mass is 859 g/mol. The quantitative estimate of drug-likeness (QED) is 0.0450. The van der Waals surface area contributed by atoms with E-state index in [1.54, 1.807) is 0 Å². The molecule has 0 spiro atoms. The summed E-state index contributed by atoms with van der Waals surface area (Å²) in [6.45, 7) is 5.25. The van der Waals surface area contributed by atoms with Crippen molar-refractivity contribution >= 4 is 5.97 Å². The van der Waals surface area contributed by atoms with Crippen molar-refractivity contribution in [2.45, 2.75) is 367 Å². The average molecular weight is 860 g/mol. The Kier molecular flexibility index (Phi) is 57.0. The summed E-state index contributed by atoms with van der Waals surface area (Å²) < 4.78 is 5.51. The van der Waals surface area contributed by atoms with Crippen LogP contribution in [-0.4, -0.2) is 12.6 Å². The molecule has 0 atom stereocenters. The molecule has 0 aromatic heterocycles. The van der Waals surface area contributed by atoms with Crippen LogP contribution in [0.2, 0.25) is 0 Å². The van der Waals surface area contributed by atoms with Crippen molar-refractivity contribution < 1.29 is 9.53 Å². The first-order valence-electron chi connectivity index (χ1n) is 29.5. The van der Waals surface area contributed by atoms with Crippen molar-refractivity contribution in [1.82, 2.24) is 0 Å². The van der Waals surface area contributed by atoms with Gasteiger partial charge in [0.25, 0.3) is 0 Å². The van der Waals surface area contributed by atoms with Crippen LogP contribution in [0.5, 0.6) is 0 Å². The molecule has 2 heteroatoms. The molecule has 0 aliphatic carbocycles. The van der Waals surface area contributed by atoms with Crippen LogP contribution in [0, 0.1) is 0 Å². The average Bonchev–Trinajstić information content (AvgIpc) is 3.27. The summed E-state index contributed by atoms with van der Waals surface area (Å²) in [6.07, 6.45) is 77.3. The molecule has 0 rings (SSSR count). The topological polar surface area (TPSA) is 26.3 Å². The first kappa shape index (κ1) is 60.5. The lowest BCUT2D eigenvalue weighted by Gasteiger charge is -2.06. The van der Waals surface area contributed by atoms with E-state index in [0.29, 0.717) is 13.0 Å². The zero-order chi connectivity index (χ0) is 43.9. The fourth-order valence-corrected chi connectivity index (χ4v) is 9.61. The number of hydrogen-bond donors (Lipinski definition) is 0. The number of carbonyl (C=O) groups is 1. The van der Waals surface area contributed by atoms with Gasteiger partial charge in [-0.25, -0.2) is 0 Å². The van der Waals surface area contributed by atoms with E-state index < -0.39 is 0 Å². The van der Waals surface area contributed by atoms with Crippen molar-refractivity contribution in [3.63, 3.8) is 0 Å². The highest BCUT2D eigenvalue weighted by molar-refractivity contribution is 5.69. The molecule has 0 saturated heterocycles. The molecule has 0 N–H and O–H groups in total. The third-order valence-corrected chi connectivity index (χ3v) is 14.0.